The summed E-state index contributed by atoms with van der Waals surface area (Å²) in [5.41, 5.74) is 1.28. The predicted octanol–water partition coefficient (Wildman–Crippen LogP) is 0.348. The second-order valence-corrected chi connectivity index (χ2v) is 4.24. The Morgan fingerprint density at radius 3 is 2.67 bits per heavy atom. The van der Waals surface area contributed by atoms with E-state index in [9.17, 15) is 4.79 Å². The zero-order chi connectivity index (χ0) is 13.3. The van der Waals surface area contributed by atoms with Gasteiger partial charge in [-0.3, -0.25) is 14.2 Å². The van der Waals surface area contributed by atoms with Crippen molar-refractivity contribution in [2.24, 2.45) is 14.1 Å². The fourth-order valence-corrected chi connectivity index (χ4v) is 1.86. The zero-order valence-electron chi connectivity index (χ0n) is 10.9. The minimum absolute atomic E-state index is 0.156. The third-order valence-electron chi connectivity index (χ3n) is 2.74. The van der Waals surface area contributed by atoms with Crippen molar-refractivity contribution in [3.05, 3.63) is 29.6 Å². The van der Waals surface area contributed by atoms with Crippen molar-refractivity contribution in [2.75, 3.05) is 0 Å². The molecule has 7 nitrogen and oxygen atoms in total. The Hall–Kier alpha value is -2.18. The van der Waals surface area contributed by atoms with Crippen molar-refractivity contribution in [1.29, 1.82) is 0 Å². The van der Waals surface area contributed by atoms with Gasteiger partial charge in [0, 0.05) is 20.3 Å². The van der Waals surface area contributed by atoms with E-state index in [-0.39, 0.29) is 11.9 Å². The summed E-state index contributed by atoms with van der Waals surface area (Å²) >= 11 is 0. The molecule has 2 heterocycles. The zero-order valence-corrected chi connectivity index (χ0v) is 10.9. The predicted molar refractivity (Wildman–Crippen MR) is 64.8 cm³/mol. The van der Waals surface area contributed by atoms with Crippen LogP contribution in [0.5, 0.6) is 0 Å². The minimum Gasteiger partial charge on any atom is -0.342 e. The van der Waals surface area contributed by atoms with Gasteiger partial charge in [0.15, 0.2) is 0 Å². The van der Waals surface area contributed by atoms with Crippen molar-refractivity contribution in [1.82, 2.24) is 29.9 Å². The monoisotopic (exact) mass is 248 g/mol. The molecule has 0 aliphatic heterocycles. The molecule has 1 amide bonds. The third-order valence-corrected chi connectivity index (χ3v) is 2.74. The van der Waals surface area contributed by atoms with Crippen LogP contribution in [-0.2, 0) is 14.1 Å². The van der Waals surface area contributed by atoms with E-state index in [0.717, 1.165) is 0 Å². The van der Waals surface area contributed by atoms with Crippen LogP contribution in [0.3, 0.4) is 0 Å². The number of hydrogen-bond acceptors (Lipinski definition) is 4. The van der Waals surface area contributed by atoms with Crippen LogP contribution < -0.4 is 5.32 Å². The number of amides is 1. The maximum absolute atomic E-state index is 12.1. The molecule has 0 saturated carbocycles. The van der Waals surface area contributed by atoms with Crippen LogP contribution in [0.15, 0.2) is 12.5 Å². The maximum atomic E-state index is 12.1. The van der Waals surface area contributed by atoms with Crippen LogP contribution in [0.25, 0.3) is 0 Å². The van der Waals surface area contributed by atoms with E-state index in [1.807, 2.05) is 13.8 Å². The highest BCUT2D eigenvalue weighted by atomic mass is 16.1. The number of nitrogens with zero attached hydrogens (tertiary/aromatic N) is 5. The van der Waals surface area contributed by atoms with Gasteiger partial charge in [0.25, 0.3) is 5.91 Å². The largest absolute Gasteiger partial charge is 0.342 e. The number of aryl methyl sites for hydroxylation is 3. The number of carbonyl (C=O) groups is 1. The first-order valence-electron chi connectivity index (χ1n) is 5.64. The Balaban J connectivity index is 2.13. The number of rotatable bonds is 3. The van der Waals surface area contributed by atoms with Crippen LogP contribution in [-0.4, -0.2) is 30.5 Å². The van der Waals surface area contributed by atoms with Crippen molar-refractivity contribution in [2.45, 2.75) is 19.9 Å². The van der Waals surface area contributed by atoms with Crippen LogP contribution >= 0.6 is 0 Å². The average molecular weight is 248 g/mol. The van der Waals surface area contributed by atoms with Gasteiger partial charge in [-0.2, -0.15) is 10.2 Å². The molecule has 0 radical (unpaired) electrons. The van der Waals surface area contributed by atoms with Gasteiger partial charge in [-0.05, 0) is 13.8 Å². The second-order valence-electron chi connectivity index (χ2n) is 4.24. The summed E-state index contributed by atoms with van der Waals surface area (Å²) in [5, 5.41) is 11.0. The van der Waals surface area contributed by atoms with Crippen LogP contribution in [0, 0.1) is 6.92 Å². The van der Waals surface area contributed by atoms with E-state index in [2.05, 4.69) is 20.5 Å². The fraction of sp³-hybridized carbons (Fsp3) is 0.455. The van der Waals surface area contributed by atoms with Gasteiger partial charge < -0.3 is 5.32 Å². The van der Waals surface area contributed by atoms with Crippen LogP contribution in [0.1, 0.15) is 34.8 Å². The molecule has 0 saturated heterocycles. The Morgan fingerprint density at radius 2 is 2.17 bits per heavy atom. The van der Waals surface area contributed by atoms with E-state index in [4.69, 9.17) is 0 Å². The molecule has 2 rings (SSSR count). The van der Waals surface area contributed by atoms with Crippen molar-refractivity contribution >= 4 is 5.91 Å². The summed E-state index contributed by atoms with van der Waals surface area (Å²) in [6.07, 6.45) is 3.17. The van der Waals surface area contributed by atoms with E-state index in [1.165, 1.54) is 6.33 Å². The third kappa shape index (κ3) is 2.24. The molecule has 0 fully saturated rings. The first kappa shape index (κ1) is 12.3. The van der Waals surface area contributed by atoms with Crippen molar-refractivity contribution in [3.8, 4) is 0 Å². The van der Waals surface area contributed by atoms with Crippen LogP contribution in [0.2, 0.25) is 0 Å². The molecule has 1 N–H and O–H groups in total. The van der Waals surface area contributed by atoms with Gasteiger partial charge in [0.05, 0.1) is 17.3 Å². The number of hydrogen-bond donors (Lipinski definition) is 1. The Morgan fingerprint density at radius 1 is 1.44 bits per heavy atom. The molecular weight excluding hydrogens is 232 g/mol. The minimum atomic E-state index is -0.204. The molecule has 0 aliphatic carbocycles. The summed E-state index contributed by atoms with van der Waals surface area (Å²) in [7, 11) is 3.58. The maximum Gasteiger partial charge on any atom is 0.255 e. The number of carbonyl (C=O) groups excluding carboxylic acids is 1. The Kier molecular flexibility index (Phi) is 3.14. The molecule has 0 bridgehead atoms. The van der Waals surface area contributed by atoms with Crippen molar-refractivity contribution in [3.63, 3.8) is 0 Å². The highest BCUT2D eigenvalue weighted by Gasteiger charge is 2.18. The average Bonchev–Trinajstić information content (AvgIpc) is 2.84. The van der Waals surface area contributed by atoms with Gasteiger partial charge in [-0.25, -0.2) is 4.98 Å². The van der Waals surface area contributed by atoms with E-state index >= 15 is 0 Å². The molecule has 2 aromatic rings. The number of nitrogens with one attached hydrogen (secondary N) is 1. The SMILES string of the molecule is Cc1nn(C)cc1C(=O)N[C@H](C)c1ncnn1C. The lowest BCUT2D eigenvalue weighted by Gasteiger charge is -2.12. The van der Waals surface area contributed by atoms with E-state index in [0.29, 0.717) is 17.1 Å². The summed E-state index contributed by atoms with van der Waals surface area (Å²) in [4.78, 5) is 16.2. The molecule has 7 heteroatoms. The molecular formula is C11H16N6O. The quantitative estimate of drug-likeness (QED) is 0.850. The fourth-order valence-electron chi connectivity index (χ4n) is 1.86. The second kappa shape index (κ2) is 4.59. The van der Waals surface area contributed by atoms with Gasteiger partial charge in [-0.1, -0.05) is 0 Å². The van der Waals surface area contributed by atoms with E-state index < -0.39 is 0 Å². The smallest absolute Gasteiger partial charge is 0.255 e. The van der Waals surface area contributed by atoms with Gasteiger partial charge in [0.2, 0.25) is 0 Å². The molecule has 18 heavy (non-hydrogen) atoms. The van der Waals surface area contributed by atoms with Gasteiger partial charge in [0.1, 0.15) is 12.2 Å². The highest BCUT2D eigenvalue weighted by molar-refractivity contribution is 5.95. The molecule has 96 valence electrons. The summed E-state index contributed by atoms with van der Waals surface area (Å²) in [6, 6.07) is -0.204. The number of aromatic nitrogens is 5. The molecule has 0 aromatic carbocycles. The standard InChI is InChI=1S/C11H16N6O/c1-7-9(5-16(3)15-7)11(18)14-8(2)10-12-6-13-17(10)4/h5-6,8H,1-4H3,(H,14,18)/t8-/m1/s1. The van der Waals surface area contributed by atoms with Gasteiger partial charge >= 0.3 is 0 Å². The topological polar surface area (TPSA) is 77.6 Å². The van der Waals surface area contributed by atoms with Crippen molar-refractivity contribution < 1.29 is 4.79 Å². The van der Waals surface area contributed by atoms with E-state index in [1.54, 1.807) is 29.7 Å². The Bertz CT molecular complexity index is 570. The van der Waals surface area contributed by atoms with Gasteiger partial charge in [-0.15, -0.1) is 0 Å². The van der Waals surface area contributed by atoms with Crippen LogP contribution in [0.4, 0.5) is 0 Å². The molecule has 1 atom stereocenters. The summed E-state index contributed by atoms with van der Waals surface area (Å²) < 4.78 is 3.26. The lowest BCUT2D eigenvalue weighted by Crippen LogP contribution is -2.28. The normalized spacial score (nSPS) is 12.4. The highest BCUT2D eigenvalue weighted by Crippen LogP contribution is 2.10. The molecule has 0 unspecified atom stereocenters. The Labute approximate surface area is 105 Å². The lowest BCUT2D eigenvalue weighted by molar-refractivity contribution is 0.0937. The molecule has 0 aliphatic rings. The first-order chi connectivity index (χ1) is 8.49. The molecule has 2 aromatic heterocycles. The summed E-state index contributed by atoms with van der Waals surface area (Å²) in [6.45, 7) is 3.68. The lowest BCUT2D eigenvalue weighted by atomic mass is 10.2. The summed E-state index contributed by atoms with van der Waals surface area (Å²) in [5.74, 6) is 0.556. The molecule has 0 spiro atoms. The first-order valence-corrected chi connectivity index (χ1v) is 5.64.